The summed E-state index contributed by atoms with van der Waals surface area (Å²) in [7, 11) is 0. The van der Waals surface area contributed by atoms with E-state index in [0.29, 0.717) is 18.7 Å². The molecule has 0 radical (unpaired) electrons. The summed E-state index contributed by atoms with van der Waals surface area (Å²) in [4.78, 5) is 25.1. The first kappa shape index (κ1) is 15.7. The number of halogens is 1. The highest BCUT2D eigenvalue weighted by molar-refractivity contribution is 9.10. The van der Waals surface area contributed by atoms with Gasteiger partial charge in [-0.3, -0.25) is 9.59 Å². The molecule has 1 saturated heterocycles. The zero-order valence-corrected chi connectivity index (χ0v) is 14.2. The third-order valence-electron chi connectivity index (χ3n) is 4.00. The maximum atomic E-state index is 12.5. The first-order valence-corrected chi connectivity index (χ1v) is 8.09. The van der Waals surface area contributed by atoms with Crippen molar-refractivity contribution < 1.29 is 14.7 Å². The van der Waals surface area contributed by atoms with Crippen LogP contribution in [0.15, 0.2) is 34.8 Å². The molecular formula is C16H16BrN3O3. The molecule has 0 aliphatic carbocycles. The number of aliphatic carboxylic acids is 1. The molecule has 2 aromatic rings. The number of hydrogen-bond donors (Lipinski definition) is 1. The summed E-state index contributed by atoms with van der Waals surface area (Å²) in [6, 6.07) is 9.38. The first-order valence-electron chi connectivity index (χ1n) is 7.30. The van der Waals surface area contributed by atoms with Gasteiger partial charge >= 0.3 is 5.97 Å². The number of carboxylic acid groups (broad SMARTS) is 1. The lowest BCUT2D eigenvalue weighted by Crippen LogP contribution is -2.30. The third kappa shape index (κ3) is 3.14. The highest BCUT2D eigenvalue weighted by atomic mass is 79.9. The number of carboxylic acids is 1. The van der Waals surface area contributed by atoms with E-state index in [2.05, 4.69) is 21.0 Å². The van der Waals surface area contributed by atoms with E-state index < -0.39 is 11.9 Å². The Labute approximate surface area is 141 Å². The lowest BCUT2D eigenvalue weighted by atomic mass is 10.1. The second-order valence-corrected chi connectivity index (χ2v) is 6.55. The number of rotatable bonds is 3. The molecule has 1 aliphatic heterocycles. The number of carbonyl (C=O) groups excluding carboxylic acids is 1. The van der Waals surface area contributed by atoms with Crippen molar-refractivity contribution in [1.82, 2.24) is 14.7 Å². The van der Waals surface area contributed by atoms with Gasteiger partial charge < -0.3 is 10.0 Å². The van der Waals surface area contributed by atoms with E-state index in [1.807, 2.05) is 31.2 Å². The van der Waals surface area contributed by atoms with Crippen LogP contribution < -0.4 is 0 Å². The SMILES string of the molecule is Cc1cc(C(=O)N2CC[C@@H](C(=O)O)C2)nn1-c1ccc(Br)cc1. The highest BCUT2D eigenvalue weighted by Crippen LogP contribution is 2.20. The average molecular weight is 378 g/mol. The Kier molecular flexibility index (Phi) is 4.21. The first-order chi connectivity index (χ1) is 11.0. The summed E-state index contributed by atoms with van der Waals surface area (Å²) in [6.45, 7) is 2.59. The van der Waals surface area contributed by atoms with Gasteiger partial charge in [0, 0.05) is 23.3 Å². The molecule has 1 atom stereocenters. The van der Waals surface area contributed by atoms with E-state index in [4.69, 9.17) is 5.11 Å². The van der Waals surface area contributed by atoms with Gasteiger partial charge in [0.1, 0.15) is 0 Å². The van der Waals surface area contributed by atoms with Crippen LogP contribution in [-0.2, 0) is 4.79 Å². The average Bonchev–Trinajstić information content (AvgIpc) is 3.14. The fraction of sp³-hybridized carbons (Fsp3) is 0.312. The molecule has 1 N–H and O–H groups in total. The van der Waals surface area contributed by atoms with Crippen LogP contribution in [0.3, 0.4) is 0 Å². The van der Waals surface area contributed by atoms with Crippen molar-refractivity contribution >= 4 is 27.8 Å². The van der Waals surface area contributed by atoms with Crippen molar-refractivity contribution in [3.05, 3.63) is 46.2 Å². The van der Waals surface area contributed by atoms with Gasteiger partial charge in [-0.1, -0.05) is 15.9 Å². The van der Waals surface area contributed by atoms with Crippen LogP contribution in [0.5, 0.6) is 0 Å². The second-order valence-electron chi connectivity index (χ2n) is 5.63. The van der Waals surface area contributed by atoms with E-state index in [1.165, 1.54) is 0 Å². The topological polar surface area (TPSA) is 75.4 Å². The van der Waals surface area contributed by atoms with Gasteiger partial charge in [-0.15, -0.1) is 0 Å². The van der Waals surface area contributed by atoms with Gasteiger partial charge in [0.25, 0.3) is 5.91 Å². The molecule has 120 valence electrons. The molecular weight excluding hydrogens is 362 g/mol. The fourth-order valence-corrected chi connectivity index (χ4v) is 3.00. The molecule has 7 heteroatoms. The van der Waals surface area contributed by atoms with E-state index >= 15 is 0 Å². The molecule has 1 amide bonds. The smallest absolute Gasteiger partial charge is 0.308 e. The predicted molar refractivity (Wildman–Crippen MR) is 87.6 cm³/mol. The van der Waals surface area contributed by atoms with Crippen molar-refractivity contribution in [3.63, 3.8) is 0 Å². The van der Waals surface area contributed by atoms with Gasteiger partial charge in [-0.05, 0) is 43.7 Å². The Bertz CT molecular complexity index is 754. The second kappa shape index (κ2) is 6.16. The van der Waals surface area contributed by atoms with Gasteiger partial charge in [-0.2, -0.15) is 5.10 Å². The standard InChI is InChI=1S/C16H16BrN3O3/c1-10-8-14(15(21)19-7-6-11(9-19)16(22)23)18-20(10)13-4-2-12(17)3-5-13/h2-5,8,11H,6-7,9H2,1H3,(H,22,23)/t11-/m1/s1. The largest absolute Gasteiger partial charge is 0.481 e. The number of benzene rings is 1. The lowest BCUT2D eigenvalue weighted by molar-refractivity contribution is -0.141. The molecule has 3 rings (SSSR count). The van der Waals surface area contributed by atoms with Crippen LogP contribution in [0, 0.1) is 12.8 Å². The number of carbonyl (C=O) groups is 2. The van der Waals surface area contributed by atoms with Crippen LogP contribution in [-0.4, -0.2) is 44.8 Å². The summed E-state index contributed by atoms with van der Waals surface area (Å²) in [5.74, 6) is -1.54. The molecule has 23 heavy (non-hydrogen) atoms. The minimum atomic E-state index is -0.850. The van der Waals surface area contributed by atoms with Crippen LogP contribution in [0.2, 0.25) is 0 Å². The summed E-state index contributed by atoms with van der Waals surface area (Å²) in [5, 5.41) is 13.4. The Morgan fingerprint density at radius 1 is 1.30 bits per heavy atom. The molecule has 0 spiro atoms. The van der Waals surface area contributed by atoms with Crippen LogP contribution in [0.25, 0.3) is 5.69 Å². The third-order valence-corrected chi connectivity index (χ3v) is 4.53. The monoisotopic (exact) mass is 377 g/mol. The van der Waals surface area contributed by atoms with Crippen LogP contribution in [0.4, 0.5) is 0 Å². The van der Waals surface area contributed by atoms with E-state index in [0.717, 1.165) is 15.9 Å². The van der Waals surface area contributed by atoms with Crippen molar-refractivity contribution in [2.75, 3.05) is 13.1 Å². The van der Waals surface area contributed by atoms with Gasteiger partial charge in [0.15, 0.2) is 5.69 Å². The zero-order chi connectivity index (χ0) is 16.6. The van der Waals surface area contributed by atoms with Crippen molar-refractivity contribution in [1.29, 1.82) is 0 Å². The summed E-state index contributed by atoms with van der Waals surface area (Å²) in [6.07, 6.45) is 0.494. The maximum Gasteiger partial charge on any atom is 0.308 e. The molecule has 0 bridgehead atoms. The highest BCUT2D eigenvalue weighted by Gasteiger charge is 2.32. The number of amides is 1. The maximum absolute atomic E-state index is 12.5. The molecule has 1 aromatic carbocycles. The number of aryl methyl sites for hydroxylation is 1. The van der Waals surface area contributed by atoms with Crippen molar-refractivity contribution in [2.45, 2.75) is 13.3 Å². The number of nitrogens with zero attached hydrogens (tertiary/aromatic N) is 3. The van der Waals surface area contributed by atoms with Crippen molar-refractivity contribution in [3.8, 4) is 5.69 Å². The Balaban J connectivity index is 1.82. The molecule has 2 heterocycles. The minimum absolute atomic E-state index is 0.215. The molecule has 1 aromatic heterocycles. The molecule has 6 nitrogen and oxygen atoms in total. The number of hydrogen-bond acceptors (Lipinski definition) is 3. The lowest BCUT2D eigenvalue weighted by Gasteiger charge is -2.13. The summed E-state index contributed by atoms with van der Waals surface area (Å²) < 4.78 is 2.68. The van der Waals surface area contributed by atoms with Gasteiger partial charge in [0.2, 0.25) is 0 Å². The number of likely N-dealkylation sites (tertiary alicyclic amines) is 1. The molecule has 0 saturated carbocycles. The summed E-state index contributed by atoms with van der Waals surface area (Å²) >= 11 is 3.39. The summed E-state index contributed by atoms with van der Waals surface area (Å²) in [5.41, 5.74) is 2.07. The van der Waals surface area contributed by atoms with E-state index in [1.54, 1.807) is 15.6 Å². The van der Waals surface area contributed by atoms with Crippen LogP contribution >= 0.6 is 15.9 Å². The molecule has 1 aliphatic rings. The van der Waals surface area contributed by atoms with Crippen LogP contribution in [0.1, 0.15) is 22.6 Å². The minimum Gasteiger partial charge on any atom is -0.481 e. The van der Waals surface area contributed by atoms with Gasteiger partial charge in [-0.25, -0.2) is 4.68 Å². The normalized spacial score (nSPS) is 17.5. The number of aromatic nitrogens is 2. The molecule has 1 fully saturated rings. The van der Waals surface area contributed by atoms with Gasteiger partial charge in [0.05, 0.1) is 11.6 Å². The van der Waals surface area contributed by atoms with Crippen molar-refractivity contribution in [2.24, 2.45) is 5.92 Å². The van der Waals surface area contributed by atoms with E-state index in [-0.39, 0.29) is 12.5 Å². The Morgan fingerprint density at radius 2 is 2.00 bits per heavy atom. The zero-order valence-electron chi connectivity index (χ0n) is 12.6. The predicted octanol–water partition coefficient (Wildman–Crippen LogP) is 2.49. The van der Waals surface area contributed by atoms with E-state index in [9.17, 15) is 9.59 Å². The Hall–Kier alpha value is -2.15. The fourth-order valence-electron chi connectivity index (χ4n) is 2.73. The quantitative estimate of drug-likeness (QED) is 0.891. The molecule has 0 unspecified atom stereocenters. The Morgan fingerprint density at radius 3 is 2.61 bits per heavy atom.